The van der Waals surface area contributed by atoms with Crippen LogP contribution in [0.5, 0.6) is 0 Å². The van der Waals surface area contributed by atoms with Crippen molar-refractivity contribution in [1.29, 1.82) is 0 Å². The molecule has 0 radical (unpaired) electrons. The molecule has 1 heterocycles. The number of hydrogen-bond donors (Lipinski definition) is 2. The summed E-state index contributed by atoms with van der Waals surface area (Å²) in [5, 5.41) is 8.16. The molecule has 1 aromatic heterocycles. The molecule has 0 amide bonds. The monoisotopic (exact) mass is 296 g/mol. The van der Waals surface area contributed by atoms with Gasteiger partial charge in [0.05, 0.1) is 10.6 Å². The lowest BCUT2D eigenvalue weighted by atomic mass is 10.1. The van der Waals surface area contributed by atoms with Gasteiger partial charge in [-0.2, -0.15) is 0 Å². The Morgan fingerprint density at radius 2 is 1.67 bits per heavy atom. The molecule has 0 saturated carbocycles. The van der Waals surface area contributed by atoms with E-state index in [4.69, 9.17) is 0 Å². The van der Waals surface area contributed by atoms with Crippen LogP contribution in [0.25, 0.3) is 20.5 Å². The molecule has 0 unspecified atom stereocenters. The molecule has 2 nitrogen and oxygen atoms in total. The Balaban J connectivity index is 1.98. The van der Waals surface area contributed by atoms with Crippen LogP contribution in [0.1, 0.15) is 6.42 Å². The first-order valence-electron chi connectivity index (χ1n) is 7.35. The van der Waals surface area contributed by atoms with E-state index in [0.29, 0.717) is 0 Å². The maximum atomic E-state index is 3.64. The average molecular weight is 296 g/mol. The summed E-state index contributed by atoms with van der Waals surface area (Å²) in [6, 6.07) is 19.3. The molecule has 2 N–H and O–H groups in total. The van der Waals surface area contributed by atoms with Crippen LogP contribution in [0, 0.1) is 0 Å². The average Bonchev–Trinajstić information content (AvgIpc) is 2.91. The fourth-order valence-corrected chi connectivity index (χ4v) is 3.68. The normalized spacial score (nSPS) is 10.9. The van der Waals surface area contributed by atoms with E-state index in [2.05, 4.69) is 65.2 Å². The quantitative estimate of drug-likeness (QED) is 0.650. The molecule has 0 saturated heterocycles. The van der Waals surface area contributed by atoms with Gasteiger partial charge in [0.2, 0.25) is 0 Å². The van der Waals surface area contributed by atoms with Crippen LogP contribution in [0.3, 0.4) is 0 Å². The van der Waals surface area contributed by atoms with Crippen LogP contribution in [0.15, 0.2) is 54.6 Å². The molecule has 0 aliphatic rings. The summed E-state index contributed by atoms with van der Waals surface area (Å²) in [5.74, 6) is 0. The lowest BCUT2D eigenvalue weighted by molar-refractivity contribution is 0.748. The molecular formula is C18H20N2S. The van der Waals surface area contributed by atoms with E-state index in [-0.39, 0.29) is 0 Å². The Morgan fingerprint density at radius 3 is 2.48 bits per heavy atom. The summed E-state index contributed by atoms with van der Waals surface area (Å²) in [4.78, 5) is 1.33. The molecule has 0 bridgehead atoms. The predicted octanol–water partition coefficient (Wildman–Crippen LogP) is 4.59. The maximum absolute atomic E-state index is 3.64. The van der Waals surface area contributed by atoms with Crippen molar-refractivity contribution in [3.8, 4) is 10.4 Å². The van der Waals surface area contributed by atoms with E-state index >= 15 is 0 Å². The molecule has 21 heavy (non-hydrogen) atoms. The van der Waals surface area contributed by atoms with E-state index < -0.39 is 0 Å². The van der Waals surface area contributed by atoms with Crippen molar-refractivity contribution < 1.29 is 0 Å². The first kappa shape index (κ1) is 14.1. The lowest BCUT2D eigenvalue weighted by Gasteiger charge is -2.08. The zero-order chi connectivity index (χ0) is 14.5. The summed E-state index contributed by atoms with van der Waals surface area (Å²) >= 11 is 1.86. The highest BCUT2D eigenvalue weighted by molar-refractivity contribution is 7.23. The second kappa shape index (κ2) is 6.74. The molecule has 108 valence electrons. The van der Waals surface area contributed by atoms with Gasteiger partial charge in [0.15, 0.2) is 0 Å². The van der Waals surface area contributed by atoms with Gasteiger partial charge in [-0.3, -0.25) is 0 Å². The van der Waals surface area contributed by atoms with Crippen molar-refractivity contribution in [3.05, 3.63) is 54.6 Å². The third-order valence-electron chi connectivity index (χ3n) is 3.54. The van der Waals surface area contributed by atoms with Crippen LogP contribution >= 0.6 is 11.3 Å². The highest BCUT2D eigenvalue weighted by atomic mass is 32.1. The zero-order valence-corrected chi connectivity index (χ0v) is 13.0. The first-order valence-corrected chi connectivity index (χ1v) is 8.17. The Bertz CT molecular complexity index is 704. The van der Waals surface area contributed by atoms with Gasteiger partial charge in [0, 0.05) is 16.6 Å². The molecule has 3 heteroatoms. The van der Waals surface area contributed by atoms with Crippen molar-refractivity contribution in [3.63, 3.8) is 0 Å². The van der Waals surface area contributed by atoms with E-state index in [1.165, 1.54) is 26.2 Å². The van der Waals surface area contributed by atoms with Crippen molar-refractivity contribution in [2.45, 2.75) is 6.42 Å². The Kier molecular flexibility index (Phi) is 4.53. The Labute approximate surface area is 129 Å². The van der Waals surface area contributed by atoms with Gasteiger partial charge in [-0.25, -0.2) is 0 Å². The van der Waals surface area contributed by atoms with E-state index in [0.717, 1.165) is 19.5 Å². The van der Waals surface area contributed by atoms with Crippen molar-refractivity contribution in [2.75, 3.05) is 25.5 Å². The largest absolute Gasteiger partial charge is 0.383 e. The summed E-state index contributed by atoms with van der Waals surface area (Å²) in [6.07, 6.45) is 1.12. The standard InChI is InChI=1S/C18H20N2S/c1-19-12-7-13-20-17-15-10-5-6-11-16(15)21-18(17)14-8-3-2-4-9-14/h2-6,8-11,19-20H,7,12-13H2,1H3. The molecule has 3 aromatic rings. The Morgan fingerprint density at radius 1 is 0.905 bits per heavy atom. The fraction of sp³-hybridized carbons (Fsp3) is 0.222. The number of anilines is 1. The molecule has 0 aliphatic carbocycles. The van der Waals surface area contributed by atoms with Crippen molar-refractivity contribution >= 4 is 27.1 Å². The molecule has 0 spiro atoms. The summed E-state index contributed by atoms with van der Waals surface area (Å²) < 4.78 is 1.34. The zero-order valence-electron chi connectivity index (χ0n) is 12.2. The highest BCUT2D eigenvalue weighted by Crippen LogP contribution is 2.42. The van der Waals surface area contributed by atoms with Crippen LogP contribution in [0.4, 0.5) is 5.69 Å². The number of hydrogen-bond acceptors (Lipinski definition) is 3. The maximum Gasteiger partial charge on any atom is 0.0609 e. The van der Waals surface area contributed by atoms with Gasteiger partial charge >= 0.3 is 0 Å². The van der Waals surface area contributed by atoms with E-state index in [1.54, 1.807) is 0 Å². The highest BCUT2D eigenvalue weighted by Gasteiger charge is 2.12. The number of rotatable bonds is 6. The molecular weight excluding hydrogens is 276 g/mol. The van der Waals surface area contributed by atoms with Gasteiger partial charge in [0.1, 0.15) is 0 Å². The fourth-order valence-electron chi connectivity index (χ4n) is 2.49. The van der Waals surface area contributed by atoms with Gasteiger partial charge in [-0.05, 0) is 31.6 Å². The molecule has 0 aliphatic heterocycles. The third kappa shape index (κ3) is 3.09. The van der Waals surface area contributed by atoms with E-state index in [1.807, 2.05) is 18.4 Å². The van der Waals surface area contributed by atoms with Crippen molar-refractivity contribution in [1.82, 2.24) is 5.32 Å². The van der Waals surface area contributed by atoms with Crippen LogP contribution in [-0.2, 0) is 0 Å². The summed E-state index contributed by atoms with van der Waals surface area (Å²) in [7, 11) is 2.00. The number of thiophene rings is 1. The lowest BCUT2D eigenvalue weighted by Crippen LogP contribution is -2.12. The van der Waals surface area contributed by atoms with Crippen LogP contribution < -0.4 is 10.6 Å². The van der Waals surface area contributed by atoms with Crippen LogP contribution in [0.2, 0.25) is 0 Å². The number of nitrogens with one attached hydrogen (secondary N) is 2. The van der Waals surface area contributed by atoms with Gasteiger partial charge in [-0.15, -0.1) is 11.3 Å². The first-order chi connectivity index (χ1) is 10.4. The molecule has 0 fully saturated rings. The predicted molar refractivity (Wildman–Crippen MR) is 94.3 cm³/mol. The molecule has 2 aromatic carbocycles. The number of fused-ring (bicyclic) bond motifs is 1. The molecule has 0 atom stereocenters. The van der Waals surface area contributed by atoms with E-state index in [9.17, 15) is 0 Å². The third-order valence-corrected chi connectivity index (χ3v) is 4.76. The number of benzene rings is 2. The minimum atomic E-state index is 0.988. The van der Waals surface area contributed by atoms with Gasteiger partial charge in [0.25, 0.3) is 0 Å². The SMILES string of the molecule is CNCCCNc1c(-c2ccccc2)sc2ccccc12. The van der Waals surface area contributed by atoms with Gasteiger partial charge in [-0.1, -0.05) is 48.5 Å². The van der Waals surface area contributed by atoms with Gasteiger partial charge < -0.3 is 10.6 Å². The summed E-state index contributed by atoms with van der Waals surface area (Å²) in [5.41, 5.74) is 2.56. The second-order valence-corrected chi connectivity index (χ2v) is 6.10. The smallest absolute Gasteiger partial charge is 0.0609 e. The summed E-state index contributed by atoms with van der Waals surface area (Å²) in [6.45, 7) is 2.02. The topological polar surface area (TPSA) is 24.1 Å². The van der Waals surface area contributed by atoms with Crippen LogP contribution in [-0.4, -0.2) is 20.1 Å². The Hall–Kier alpha value is -1.84. The van der Waals surface area contributed by atoms with Crippen molar-refractivity contribution in [2.24, 2.45) is 0 Å². The second-order valence-electron chi connectivity index (χ2n) is 5.05. The molecule has 3 rings (SSSR count). The minimum absolute atomic E-state index is 0.988. The minimum Gasteiger partial charge on any atom is -0.383 e.